The van der Waals surface area contributed by atoms with Gasteiger partial charge in [-0.15, -0.1) is 0 Å². The van der Waals surface area contributed by atoms with Crippen LogP contribution in [0.5, 0.6) is 0 Å². The number of rotatable bonds is 30. The fraction of sp³-hybridized carbons (Fsp3) is 0.938. The van der Waals surface area contributed by atoms with Crippen LogP contribution in [-0.2, 0) is 28.5 Å². The van der Waals surface area contributed by atoms with Crippen molar-refractivity contribution in [3.8, 4) is 0 Å². The number of carbonyl (C=O) groups excluding carboxylic acids is 2. The van der Waals surface area contributed by atoms with E-state index in [1.807, 2.05) is 0 Å². The summed E-state index contributed by atoms with van der Waals surface area (Å²) in [5, 5.41) is 0. The maximum absolute atomic E-state index is 13.3. The molecule has 1 unspecified atom stereocenters. The minimum Gasteiger partial charge on any atom is -1.00 e. The third-order valence-electron chi connectivity index (χ3n) is 7.17. The van der Waals surface area contributed by atoms with E-state index in [1.165, 1.54) is 6.92 Å². The van der Waals surface area contributed by atoms with E-state index >= 15 is 0 Å². The zero-order valence-corrected chi connectivity index (χ0v) is 29.3. The molecule has 0 aromatic heterocycles. The Morgan fingerprint density at radius 3 is 1.49 bits per heavy atom. The summed E-state index contributed by atoms with van der Waals surface area (Å²) in [6.45, 7) is 4.42. The number of ether oxygens (including phenoxy) is 4. The van der Waals surface area contributed by atoms with Crippen molar-refractivity contribution in [2.75, 3.05) is 67.3 Å². The summed E-state index contributed by atoms with van der Waals surface area (Å²) in [6.07, 6.45) is 1.39. The third-order valence-corrected chi connectivity index (χ3v) is 7.17. The van der Waals surface area contributed by atoms with Gasteiger partial charge in [-0.3, -0.25) is 9.59 Å². The fourth-order valence-electron chi connectivity index (χ4n) is 4.39. The predicted molar refractivity (Wildman–Crippen MR) is 161 cm³/mol. The van der Waals surface area contributed by atoms with Gasteiger partial charge in [-0.25, -0.2) is 0 Å². The van der Waals surface area contributed by atoms with Crippen molar-refractivity contribution in [3.05, 3.63) is 0 Å². The first-order chi connectivity index (χ1) is 21.4. The molecule has 47 heavy (non-hydrogen) atoms. The number of quaternary nitrogens is 1. The van der Waals surface area contributed by atoms with Crippen LogP contribution >= 0.6 is 0 Å². The zero-order chi connectivity index (χ0) is 35.1. The highest BCUT2D eigenvalue weighted by Crippen LogP contribution is 2.48. The first kappa shape index (κ1) is 47.9. The molecule has 0 saturated carbocycles. The van der Waals surface area contributed by atoms with Gasteiger partial charge in [0.15, 0.2) is 0 Å². The molecule has 0 bridgehead atoms. The van der Waals surface area contributed by atoms with E-state index < -0.39 is 36.5 Å². The standard InChI is InChI=1S/C32H57F7NO6.ClH/c1-27(41)24-29(42)46-28(26-45-23-22-43-21-19-40(2,3)4)25-44-20-17-15-13-11-9-7-5-6-8-10-12-14-16-18-30(33,34)31(35,36)32(37,38)39;/h28H,5-26H2,1-4H3;1H/q+1;/p-1. The Kier molecular flexibility index (Phi) is 26.2. The lowest BCUT2D eigenvalue weighted by Crippen LogP contribution is -3.00. The minimum absolute atomic E-state index is 0. The van der Waals surface area contributed by atoms with Crippen LogP contribution in [0.1, 0.15) is 103 Å². The average molecular weight is 720 g/mol. The number of esters is 1. The van der Waals surface area contributed by atoms with Crippen LogP contribution in [0.15, 0.2) is 0 Å². The number of nitrogens with zero attached hydrogens (tertiary/aromatic N) is 1. The molecule has 0 saturated heterocycles. The number of Topliss-reactive ketones (excluding diaryl/α,β-unsaturated/α-hetero) is 1. The van der Waals surface area contributed by atoms with Crippen LogP contribution in [0.2, 0.25) is 0 Å². The quantitative estimate of drug-likeness (QED) is 0.0345. The summed E-state index contributed by atoms with van der Waals surface area (Å²) >= 11 is 0. The summed E-state index contributed by atoms with van der Waals surface area (Å²) < 4.78 is 112. The van der Waals surface area contributed by atoms with E-state index in [0.717, 1.165) is 75.2 Å². The van der Waals surface area contributed by atoms with E-state index in [-0.39, 0.29) is 50.7 Å². The molecule has 1 atom stereocenters. The molecule has 0 aromatic rings. The highest BCUT2D eigenvalue weighted by atomic mass is 35.5. The van der Waals surface area contributed by atoms with E-state index in [1.54, 1.807) is 0 Å². The van der Waals surface area contributed by atoms with Gasteiger partial charge < -0.3 is 35.8 Å². The van der Waals surface area contributed by atoms with Crippen LogP contribution in [0, 0.1) is 0 Å². The molecule has 7 nitrogen and oxygen atoms in total. The third kappa shape index (κ3) is 25.4. The Bertz CT molecular complexity index is 814. The summed E-state index contributed by atoms with van der Waals surface area (Å²) in [5.41, 5.74) is 0. The lowest BCUT2D eigenvalue weighted by atomic mass is 10.0. The number of likely N-dealkylation sites (N-methyl/N-ethyl adjacent to an activating group) is 1. The lowest BCUT2D eigenvalue weighted by molar-refractivity contribution is -0.870. The molecule has 0 heterocycles. The molecule has 0 aliphatic heterocycles. The predicted octanol–water partition coefficient (Wildman–Crippen LogP) is 4.93. The Labute approximate surface area is 282 Å². The van der Waals surface area contributed by atoms with Crippen molar-refractivity contribution >= 4 is 11.8 Å². The van der Waals surface area contributed by atoms with E-state index in [9.17, 15) is 40.3 Å². The average Bonchev–Trinajstić information content (AvgIpc) is 2.92. The number of hydrogen-bond acceptors (Lipinski definition) is 6. The fourth-order valence-corrected chi connectivity index (χ4v) is 4.39. The Balaban J connectivity index is 0. The second-order valence-corrected chi connectivity index (χ2v) is 12.9. The Morgan fingerprint density at radius 2 is 1.04 bits per heavy atom. The smallest absolute Gasteiger partial charge is 0.459 e. The van der Waals surface area contributed by atoms with E-state index in [0.29, 0.717) is 32.8 Å². The molecule has 0 aliphatic rings. The molecule has 0 aromatic carbocycles. The lowest BCUT2D eigenvalue weighted by Gasteiger charge is -2.28. The molecule has 15 heteroatoms. The van der Waals surface area contributed by atoms with Crippen molar-refractivity contribution in [2.24, 2.45) is 0 Å². The summed E-state index contributed by atoms with van der Waals surface area (Å²) in [6, 6.07) is 0. The van der Waals surface area contributed by atoms with Gasteiger partial charge in [0.1, 0.15) is 24.9 Å². The maximum Gasteiger partial charge on any atom is 0.459 e. The van der Waals surface area contributed by atoms with Gasteiger partial charge in [-0.2, -0.15) is 30.7 Å². The van der Waals surface area contributed by atoms with Crippen molar-refractivity contribution in [1.29, 1.82) is 0 Å². The highest BCUT2D eigenvalue weighted by Gasteiger charge is 2.72. The number of unbranched alkanes of at least 4 members (excludes halogenated alkanes) is 12. The largest absolute Gasteiger partial charge is 1.00 e. The minimum atomic E-state index is -6.26. The number of alkyl halides is 7. The number of halogens is 8. The van der Waals surface area contributed by atoms with E-state index in [2.05, 4.69) is 21.1 Å². The first-order valence-corrected chi connectivity index (χ1v) is 16.4. The molecule has 0 N–H and O–H groups in total. The highest BCUT2D eigenvalue weighted by molar-refractivity contribution is 5.94. The van der Waals surface area contributed by atoms with Gasteiger partial charge in [0, 0.05) is 13.0 Å². The van der Waals surface area contributed by atoms with Crippen LogP contribution in [-0.4, -0.2) is 108 Å². The van der Waals surface area contributed by atoms with Crippen LogP contribution < -0.4 is 12.4 Å². The van der Waals surface area contributed by atoms with Gasteiger partial charge in [-0.1, -0.05) is 70.6 Å². The van der Waals surface area contributed by atoms with Crippen LogP contribution in [0.25, 0.3) is 0 Å². The van der Waals surface area contributed by atoms with Crippen molar-refractivity contribution in [2.45, 2.75) is 127 Å². The molecule has 282 valence electrons. The molecule has 0 fully saturated rings. The molecular formula is C32H57ClF7NO6. The van der Waals surface area contributed by atoms with Gasteiger partial charge in [-0.05, 0) is 19.8 Å². The normalized spacial score (nSPS) is 13.3. The topological polar surface area (TPSA) is 71.1 Å². The van der Waals surface area contributed by atoms with Crippen LogP contribution in [0.4, 0.5) is 30.7 Å². The van der Waals surface area contributed by atoms with Gasteiger partial charge in [0.05, 0.1) is 54.2 Å². The Morgan fingerprint density at radius 1 is 0.617 bits per heavy atom. The first-order valence-electron chi connectivity index (χ1n) is 16.4. The van der Waals surface area contributed by atoms with Gasteiger partial charge >= 0.3 is 24.0 Å². The molecule has 0 amide bonds. The monoisotopic (exact) mass is 719 g/mol. The SMILES string of the molecule is CC(=O)CC(=O)OC(COCCCCCCCCCCCCCCCC(F)(F)C(F)(F)C(F)(F)F)COCCOCC[N+](C)(C)C.[Cl-]. The van der Waals surface area contributed by atoms with Crippen molar-refractivity contribution < 1.29 is 76.2 Å². The Hall–Kier alpha value is -1.22. The zero-order valence-electron chi connectivity index (χ0n) is 28.6. The second kappa shape index (κ2) is 25.7. The number of carbonyl (C=O) groups is 2. The number of hydrogen-bond donors (Lipinski definition) is 0. The van der Waals surface area contributed by atoms with Crippen molar-refractivity contribution in [3.63, 3.8) is 0 Å². The second-order valence-electron chi connectivity index (χ2n) is 12.9. The molecule has 0 aliphatic carbocycles. The van der Waals surface area contributed by atoms with Gasteiger partial charge in [0.25, 0.3) is 0 Å². The van der Waals surface area contributed by atoms with Gasteiger partial charge in [0.2, 0.25) is 0 Å². The summed E-state index contributed by atoms with van der Waals surface area (Å²) in [7, 11) is 6.24. The van der Waals surface area contributed by atoms with Crippen molar-refractivity contribution in [1.82, 2.24) is 0 Å². The van der Waals surface area contributed by atoms with Crippen LogP contribution in [0.3, 0.4) is 0 Å². The summed E-state index contributed by atoms with van der Waals surface area (Å²) in [4.78, 5) is 23.1. The van der Waals surface area contributed by atoms with E-state index in [4.69, 9.17) is 18.9 Å². The number of ketones is 1. The molecular weight excluding hydrogens is 663 g/mol. The maximum atomic E-state index is 13.3. The molecule has 0 radical (unpaired) electrons. The molecule has 0 rings (SSSR count). The molecule has 0 spiro atoms. The summed E-state index contributed by atoms with van der Waals surface area (Å²) in [5.74, 6) is -12.0.